The van der Waals surface area contributed by atoms with Crippen molar-refractivity contribution < 1.29 is 4.79 Å². The smallest absolute Gasteiger partial charge is 0.150 e. The predicted octanol–water partition coefficient (Wildman–Crippen LogP) is 6.21. The van der Waals surface area contributed by atoms with Crippen LogP contribution in [-0.4, -0.2) is 6.29 Å². The van der Waals surface area contributed by atoms with Gasteiger partial charge in [-0.1, -0.05) is 90.0 Å². The average Bonchev–Trinajstić information content (AvgIpc) is 2.52. The summed E-state index contributed by atoms with van der Waals surface area (Å²) in [4.78, 5) is 10.5. The van der Waals surface area contributed by atoms with Crippen LogP contribution in [0, 0.1) is 0 Å². The van der Waals surface area contributed by atoms with Gasteiger partial charge in [-0.25, -0.2) is 0 Å². The van der Waals surface area contributed by atoms with Gasteiger partial charge >= 0.3 is 0 Å². The SMILES string of the molecule is CC.CCCCCCCCCCc1ccc(C=O)cc1. The van der Waals surface area contributed by atoms with E-state index in [1.54, 1.807) is 0 Å². The molecular weight excluding hydrogens is 244 g/mol. The quantitative estimate of drug-likeness (QED) is 0.367. The van der Waals surface area contributed by atoms with Crippen LogP contribution in [0.15, 0.2) is 24.3 Å². The first-order chi connectivity index (χ1) is 9.86. The second-order valence-corrected chi connectivity index (χ2v) is 5.08. The Morgan fingerprint density at radius 1 is 0.800 bits per heavy atom. The molecule has 0 N–H and O–H groups in total. The largest absolute Gasteiger partial charge is 0.298 e. The molecule has 0 radical (unpaired) electrons. The van der Waals surface area contributed by atoms with E-state index in [-0.39, 0.29) is 0 Å². The lowest BCUT2D eigenvalue weighted by atomic mass is 10.0. The maximum Gasteiger partial charge on any atom is 0.150 e. The van der Waals surface area contributed by atoms with Gasteiger partial charge in [-0.2, -0.15) is 0 Å². The fourth-order valence-corrected chi connectivity index (χ4v) is 2.23. The minimum Gasteiger partial charge on any atom is -0.298 e. The van der Waals surface area contributed by atoms with E-state index in [2.05, 4.69) is 19.1 Å². The number of carbonyl (C=O) groups is 1. The molecular formula is C19H32O. The second kappa shape index (κ2) is 14.3. The molecule has 0 aromatic heterocycles. The standard InChI is InChI=1S/C17H26O.C2H6/c1-2-3-4-5-6-7-8-9-10-16-11-13-17(15-18)14-12-16;1-2/h11-15H,2-10H2,1H3;1-2H3. The normalized spacial score (nSPS) is 9.75. The molecule has 0 amide bonds. The molecule has 1 heteroatoms. The minimum absolute atomic E-state index is 0.773. The van der Waals surface area contributed by atoms with Gasteiger partial charge in [0, 0.05) is 5.56 Å². The van der Waals surface area contributed by atoms with Crippen molar-refractivity contribution in [3.8, 4) is 0 Å². The van der Waals surface area contributed by atoms with E-state index in [0.29, 0.717) is 0 Å². The van der Waals surface area contributed by atoms with Gasteiger partial charge in [0.15, 0.2) is 0 Å². The molecule has 0 aliphatic heterocycles. The van der Waals surface area contributed by atoms with Gasteiger partial charge in [0.1, 0.15) is 6.29 Å². The molecule has 0 bridgehead atoms. The topological polar surface area (TPSA) is 17.1 Å². The monoisotopic (exact) mass is 276 g/mol. The van der Waals surface area contributed by atoms with Crippen LogP contribution in [0.2, 0.25) is 0 Å². The lowest BCUT2D eigenvalue weighted by Gasteiger charge is -2.03. The van der Waals surface area contributed by atoms with Crippen molar-refractivity contribution in [2.24, 2.45) is 0 Å². The summed E-state index contributed by atoms with van der Waals surface area (Å²) in [6.45, 7) is 6.26. The highest BCUT2D eigenvalue weighted by molar-refractivity contribution is 5.74. The van der Waals surface area contributed by atoms with Crippen molar-refractivity contribution >= 4 is 6.29 Å². The van der Waals surface area contributed by atoms with Crippen molar-refractivity contribution in [2.75, 3.05) is 0 Å². The lowest BCUT2D eigenvalue weighted by molar-refractivity contribution is 0.112. The van der Waals surface area contributed by atoms with Crippen molar-refractivity contribution in [3.63, 3.8) is 0 Å². The number of benzene rings is 1. The summed E-state index contributed by atoms with van der Waals surface area (Å²) >= 11 is 0. The molecule has 0 saturated carbocycles. The Hall–Kier alpha value is -1.11. The summed E-state index contributed by atoms with van der Waals surface area (Å²) in [6, 6.07) is 7.97. The van der Waals surface area contributed by atoms with Crippen molar-refractivity contribution in [2.45, 2.75) is 78.6 Å². The molecule has 1 nitrogen and oxygen atoms in total. The highest BCUT2D eigenvalue weighted by atomic mass is 16.1. The van der Waals surface area contributed by atoms with Crippen LogP contribution in [-0.2, 0) is 6.42 Å². The van der Waals surface area contributed by atoms with Crippen molar-refractivity contribution in [3.05, 3.63) is 35.4 Å². The first kappa shape index (κ1) is 18.9. The maximum absolute atomic E-state index is 10.5. The fraction of sp³-hybridized carbons (Fsp3) is 0.632. The number of hydrogen-bond acceptors (Lipinski definition) is 1. The number of hydrogen-bond donors (Lipinski definition) is 0. The molecule has 0 spiro atoms. The summed E-state index contributed by atoms with van der Waals surface area (Å²) in [7, 11) is 0. The van der Waals surface area contributed by atoms with Crippen LogP contribution in [0.4, 0.5) is 0 Å². The van der Waals surface area contributed by atoms with Gasteiger partial charge in [0.2, 0.25) is 0 Å². The van der Waals surface area contributed by atoms with E-state index in [1.807, 2.05) is 26.0 Å². The Kier molecular flexibility index (Phi) is 13.5. The minimum atomic E-state index is 0.773. The average molecular weight is 276 g/mol. The number of carbonyl (C=O) groups excluding carboxylic acids is 1. The molecule has 0 atom stereocenters. The summed E-state index contributed by atoms with van der Waals surface area (Å²) in [6.07, 6.45) is 13.0. The van der Waals surface area contributed by atoms with Gasteiger partial charge in [0.05, 0.1) is 0 Å². The molecule has 1 aromatic rings. The van der Waals surface area contributed by atoms with Gasteiger partial charge < -0.3 is 0 Å². The molecule has 0 fully saturated rings. The Morgan fingerprint density at radius 3 is 1.80 bits per heavy atom. The van der Waals surface area contributed by atoms with Crippen molar-refractivity contribution in [1.82, 2.24) is 0 Å². The summed E-state index contributed by atoms with van der Waals surface area (Å²) in [5.41, 5.74) is 2.13. The van der Waals surface area contributed by atoms with Gasteiger partial charge in [-0.15, -0.1) is 0 Å². The zero-order valence-electron chi connectivity index (χ0n) is 13.7. The van der Waals surface area contributed by atoms with Crippen LogP contribution in [0.5, 0.6) is 0 Å². The molecule has 0 aliphatic rings. The maximum atomic E-state index is 10.5. The number of aldehydes is 1. The zero-order chi connectivity index (χ0) is 15.1. The lowest BCUT2D eigenvalue weighted by Crippen LogP contribution is -1.87. The molecule has 0 saturated heterocycles. The summed E-state index contributed by atoms with van der Waals surface area (Å²) in [5.74, 6) is 0. The molecule has 0 aliphatic carbocycles. The summed E-state index contributed by atoms with van der Waals surface area (Å²) < 4.78 is 0. The first-order valence-corrected chi connectivity index (χ1v) is 8.41. The van der Waals surface area contributed by atoms with Crippen LogP contribution in [0.1, 0.15) is 88.1 Å². The Labute approximate surface area is 125 Å². The van der Waals surface area contributed by atoms with E-state index in [1.165, 1.54) is 56.9 Å². The van der Waals surface area contributed by atoms with Crippen molar-refractivity contribution in [1.29, 1.82) is 0 Å². The molecule has 0 heterocycles. The number of unbranched alkanes of at least 4 members (excludes halogenated alkanes) is 7. The van der Waals surface area contributed by atoms with E-state index in [0.717, 1.165) is 18.3 Å². The third-order valence-electron chi connectivity index (χ3n) is 3.43. The summed E-state index contributed by atoms with van der Waals surface area (Å²) in [5, 5.41) is 0. The highest BCUT2D eigenvalue weighted by Gasteiger charge is 1.95. The second-order valence-electron chi connectivity index (χ2n) is 5.08. The Morgan fingerprint density at radius 2 is 1.30 bits per heavy atom. The highest BCUT2D eigenvalue weighted by Crippen LogP contribution is 2.11. The van der Waals surface area contributed by atoms with Crippen LogP contribution in [0.3, 0.4) is 0 Å². The molecule has 20 heavy (non-hydrogen) atoms. The van der Waals surface area contributed by atoms with Crippen LogP contribution in [0.25, 0.3) is 0 Å². The van der Waals surface area contributed by atoms with Gasteiger partial charge in [0.25, 0.3) is 0 Å². The van der Waals surface area contributed by atoms with Crippen LogP contribution >= 0.6 is 0 Å². The van der Waals surface area contributed by atoms with E-state index in [9.17, 15) is 4.79 Å². The Bertz CT molecular complexity index is 313. The fourth-order valence-electron chi connectivity index (χ4n) is 2.23. The number of rotatable bonds is 10. The van der Waals surface area contributed by atoms with E-state index >= 15 is 0 Å². The van der Waals surface area contributed by atoms with Gasteiger partial charge in [-0.3, -0.25) is 4.79 Å². The predicted molar refractivity (Wildman–Crippen MR) is 89.5 cm³/mol. The molecule has 114 valence electrons. The third-order valence-corrected chi connectivity index (χ3v) is 3.43. The number of aryl methyl sites for hydroxylation is 1. The van der Waals surface area contributed by atoms with Crippen LogP contribution < -0.4 is 0 Å². The van der Waals surface area contributed by atoms with E-state index in [4.69, 9.17) is 0 Å². The molecule has 0 unspecified atom stereocenters. The Balaban J connectivity index is 0.00000172. The molecule has 1 rings (SSSR count). The first-order valence-electron chi connectivity index (χ1n) is 8.41. The zero-order valence-corrected chi connectivity index (χ0v) is 13.7. The van der Waals surface area contributed by atoms with E-state index < -0.39 is 0 Å². The molecule has 1 aromatic carbocycles. The van der Waals surface area contributed by atoms with Gasteiger partial charge in [-0.05, 0) is 18.4 Å². The third kappa shape index (κ3) is 9.77.